The zero-order valence-electron chi connectivity index (χ0n) is 11.5. The summed E-state index contributed by atoms with van der Waals surface area (Å²) in [5.74, 6) is 0.928. The van der Waals surface area contributed by atoms with Crippen molar-refractivity contribution in [3.63, 3.8) is 0 Å². The fourth-order valence-corrected chi connectivity index (χ4v) is 2.31. The highest BCUT2D eigenvalue weighted by molar-refractivity contribution is 5.79. The molecule has 0 amide bonds. The van der Waals surface area contributed by atoms with Crippen molar-refractivity contribution < 1.29 is 0 Å². The van der Waals surface area contributed by atoms with E-state index in [9.17, 15) is 0 Å². The Hall–Kier alpha value is -2.13. The van der Waals surface area contributed by atoms with E-state index in [1.165, 1.54) is 25.9 Å². The van der Waals surface area contributed by atoms with Gasteiger partial charge in [0, 0.05) is 5.56 Å². The van der Waals surface area contributed by atoms with Crippen molar-refractivity contribution in [1.29, 1.82) is 0 Å². The second kappa shape index (κ2) is 6.35. The summed E-state index contributed by atoms with van der Waals surface area (Å²) in [6.45, 7) is 2.50. The van der Waals surface area contributed by atoms with E-state index in [2.05, 4.69) is 27.4 Å². The minimum absolute atomic E-state index is 0.928. The minimum Gasteiger partial charge on any atom is -0.338 e. The third kappa shape index (κ3) is 3.06. The van der Waals surface area contributed by atoms with Crippen LogP contribution in [0.4, 0.5) is 0 Å². The van der Waals surface area contributed by atoms with Crippen LogP contribution in [0.15, 0.2) is 54.6 Å². The molecule has 0 unspecified atom stereocenters. The number of fused-ring (bicyclic) bond motifs is 1. The molecule has 2 N–H and O–H groups in total. The first-order chi connectivity index (χ1) is 9.93. The number of nitrogens with zero attached hydrogens (tertiary/aromatic N) is 1. The predicted molar refractivity (Wildman–Crippen MR) is 83.6 cm³/mol. The van der Waals surface area contributed by atoms with Crippen molar-refractivity contribution in [2.45, 2.75) is 12.8 Å². The van der Waals surface area contributed by atoms with E-state index in [4.69, 9.17) is 0 Å². The van der Waals surface area contributed by atoms with Crippen LogP contribution >= 0.6 is 0 Å². The highest BCUT2D eigenvalue weighted by Gasteiger charge is 2.02. The molecule has 0 aliphatic carbocycles. The van der Waals surface area contributed by atoms with Gasteiger partial charge in [-0.1, -0.05) is 42.5 Å². The largest absolute Gasteiger partial charge is 0.338 e. The van der Waals surface area contributed by atoms with Gasteiger partial charge in [-0.15, -0.1) is 0 Å². The van der Waals surface area contributed by atoms with Crippen molar-refractivity contribution >= 4 is 11.0 Å². The molecule has 2 aromatic carbocycles. The number of rotatable bonds is 1. The molecule has 2 heterocycles. The van der Waals surface area contributed by atoms with Crippen LogP contribution in [0.1, 0.15) is 12.8 Å². The molecule has 102 valence electrons. The van der Waals surface area contributed by atoms with Crippen molar-refractivity contribution in [2.75, 3.05) is 13.1 Å². The average molecular weight is 265 g/mol. The van der Waals surface area contributed by atoms with Crippen molar-refractivity contribution in [3.8, 4) is 11.4 Å². The number of nitrogens with one attached hydrogen (secondary N) is 2. The highest BCUT2D eigenvalue weighted by Crippen LogP contribution is 2.19. The number of aromatic amines is 1. The Balaban J connectivity index is 0.000000205. The quantitative estimate of drug-likeness (QED) is 0.706. The van der Waals surface area contributed by atoms with Gasteiger partial charge in [0.2, 0.25) is 0 Å². The molecule has 0 atom stereocenters. The molecule has 3 aromatic rings. The lowest BCUT2D eigenvalue weighted by molar-refractivity contribution is 0.857. The summed E-state index contributed by atoms with van der Waals surface area (Å²) in [6.07, 6.45) is 2.78. The number of H-pyrrole nitrogens is 1. The molecular formula is C17H19N3. The maximum Gasteiger partial charge on any atom is 0.138 e. The summed E-state index contributed by atoms with van der Waals surface area (Å²) in [5, 5.41) is 3.22. The van der Waals surface area contributed by atoms with Gasteiger partial charge < -0.3 is 10.3 Å². The molecule has 3 nitrogen and oxygen atoms in total. The second-order valence-electron chi connectivity index (χ2n) is 4.93. The van der Waals surface area contributed by atoms with E-state index in [1.54, 1.807) is 0 Å². The van der Waals surface area contributed by atoms with Crippen LogP contribution in [0.3, 0.4) is 0 Å². The maximum absolute atomic E-state index is 4.53. The van der Waals surface area contributed by atoms with Crippen molar-refractivity contribution in [3.05, 3.63) is 54.6 Å². The van der Waals surface area contributed by atoms with Gasteiger partial charge in [-0.05, 0) is 38.1 Å². The lowest BCUT2D eigenvalue weighted by Crippen LogP contribution is -2.03. The van der Waals surface area contributed by atoms with Crippen molar-refractivity contribution in [1.82, 2.24) is 15.3 Å². The normalized spacial score (nSPS) is 14.0. The number of benzene rings is 2. The summed E-state index contributed by atoms with van der Waals surface area (Å²) >= 11 is 0. The summed E-state index contributed by atoms with van der Waals surface area (Å²) < 4.78 is 0. The molecular weight excluding hydrogens is 246 g/mol. The predicted octanol–water partition coefficient (Wildman–Crippen LogP) is 3.60. The van der Waals surface area contributed by atoms with Crippen LogP contribution in [-0.4, -0.2) is 23.1 Å². The molecule has 4 rings (SSSR count). The number of imidazole rings is 1. The van der Waals surface area contributed by atoms with E-state index in [1.807, 2.05) is 42.5 Å². The van der Waals surface area contributed by atoms with Crippen LogP contribution in [0.2, 0.25) is 0 Å². The van der Waals surface area contributed by atoms with Gasteiger partial charge >= 0.3 is 0 Å². The van der Waals surface area contributed by atoms with Crippen LogP contribution in [0.5, 0.6) is 0 Å². The van der Waals surface area contributed by atoms with Crippen molar-refractivity contribution in [2.24, 2.45) is 0 Å². The van der Waals surface area contributed by atoms with Crippen LogP contribution in [0.25, 0.3) is 22.4 Å². The fourth-order valence-electron chi connectivity index (χ4n) is 2.31. The third-order valence-corrected chi connectivity index (χ3v) is 3.39. The van der Waals surface area contributed by atoms with Gasteiger partial charge in [0.15, 0.2) is 0 Å². The zero-order chi connectivity index (χ0) is 13.6. The Morgan fingerprint density at radius 3 is 2.15 bits per heavy atom. The van der Waals surface area contributed by atoms with E-state index in [-0.39, 0.29) is 0 Å². The molecule has 1 aromatic heterocycles. The number of hydrogen-bond acceptors (Lipinski definition) is 2. The molecule has 1 saturated heterocycles. The number of hydrogen-bond donors (Lipinski definition) is 2. The smallest absolute Gasteiger partial charge is 0.138 e. The van der Waals surface area contributed by atoms with E-state index >= 15 is 0 Å². The molecule has 20 heavy (non-hydrogen) atoms. The topological polar surface area (TPSA) is 40.7 Å². The Bertz CT molecular complexity index is 613. The van der Waals surface area contributed by atoms with E-state index in [0.29, 0.717) is 0 Å². The summed E-state index contributed by atoms with van der Waals surface area (Å²) in [5.41, 5.74) is 3.21. The molecule has 3 heteroatoms. The van der Waals surface area contributed by atoms with Gasteiger partial charge in [-0.2, -0.15) is 0 Å². The fraction of sp³-hybridized carbons (Fsp3) is 0.235. The molecule has 1 aliphatic heterocycles. The van der Waals surface area contributed by atoms with Gasteiger partial charge in [0.1, 0.15) is 5.82 Å². The lowest BCUT2D eigenvalue weighted by Gasteiger charge is -1.93. The summed E-state index contributed by atoms with van der Waals surface area (Å²) in [4.78, 5) is 7.83. The van der Waals surface area contributed by atoms with Crippen LogP contribution in [0, 0.1) is 0 Å². The maximum atomic E-state index is 4.53. The van der Waals surface area contributed by atoms with Gasteiger partial charge in [-0.3, -0.25) is 0 Å². The van der Waals surface area contributed by atoms with Gasteiger partial charge in [0.05, 0.1) is 11.0 Å². The Labute approximate surface area is 119 Å². The first-order valence-corrected chi connectivity index (χ1v) is 7.14. The summed E-state index contributed by atoms with van der Waals surface area (Å²) in [6, 6.07) is 18.2. The lowest BCUT2D eigenvalue weighted by atomic mass is 10.2. The molecule has 0 radical (unpaired) electrons. The number of aromatic nitrogens is 2. The van der Waals surface area contributed by atoms with E-state index < -0.39 is 0 Å². The average Bonchev–Trinajstić information content (AvgIpc) is 3.20. The standard InChI is InChI=1S/C13H10N2.C4H9N/c1-2-6-10(7-3-1)13-14-11-8-4-5-9-12(11)15-13;1-2-4-5-3-1/h1-9H,(H,14,15);5H,1-4H2. The zero-order valence-corrected chi connectivity index (χ0v) is 11.5. The molecule has 0 bridgehead atoms. The monoisotopic (exact) mass is 265 g/mol. The first-order valence-electron chi connectivity index (χ1n) is 7.14. The molecule has 1 aliphatic rings. The van der Waals surface area contributed by atoms with E-state index in [0.717, 1.165) is 22.4 Å². The Morgan fingerprint density at radius 2 is 1.50 bits per heavy atom. The third-order valence-electron chi connectivity index (χ3n) is 3.39. The number of para-hydroxylation sites is 2. The van der Waals surface area contributed by atoms with Gasteiger partial charge in [-0.25, -0.2) is 4.98 Å². The minimum atomic E-state index is 0.928. The summed E-state index contributed by atoms with van der Waals surface area (Å²) in [7, 11) is 0. The molecule has 0 saturated carbocycles. The first kappa shape index (κ1) is 12.9. The molecule has 0 spiro atoms. The molecule has 1 fully saturated rings. The van der Waals surface area contributed by atoms with Gasteiger partial charge in [0.25, 0.3) is 0 Å². The Kier molecular flexibility index (Phi) is 4.09. The SMILES string of the molecule is C1CCNC1.c1ccc(-c2nc3ccccc3[nH]2)cc1. The second-order valence-corrected chi connectivity index (χ2v) is 4.93. The van der Waals surface area contributed by atoms with Crippen LogP contribution < -0.4 is 5.32 Å². The van der Waals surface area contributed by atoms with Crippen LogP contribution in [-0.2, 0) is 0 Å². The highest BCUT2D eigenvalue weighted by atomic mass is 14.9. The Morgan fingerprint density at radius 1 is 0.800 bits per heavy atom.